The molecular formula is C23H28N6O3. The number of hydrogen-bond donors (Lipinski definition) is 0. The van der Waals surface area contributed by atoms with Crippen molar-refractivity contribution >= 4 is 17.8 Å². The molecule has 0 radical (unpaired) electrons. The fraction of sp³-hybridized carbons (Fsp3) is 0.522. The Morgan fingerprint density at radius 1 is 0.938 bits per heavy atom. The van der Waals surface area contributed by atoms with Crippen molar-refractivity contribution in [2.75, 3.05) is 50.8 Å². The topological polar surface area (TPSA) is 91.8 Å². The summed E-state index contributed by atoms with van der Waals surface area (Å²) >= 11 is 0. The van der Waals surface area contributed by atoms with Crippen molar-refractivity contribution < 1.29 is 14.3 Å². The number of anilines is 1. The number of piperazine rings is 1. The van der Waals surface area contributed by atoms with Crippen LogP contribution in [0, 0.1) is 0 Å². The Kier molecular flexibility index (Phi) is 5.98. The summed E-state index contributed by atoms with van der Waals surface area (Å²) in [5.74, 6) is 0.609. The van der Waals surface area contributed by atoms with Gasteiger partial charge in [0.1, 0.15) is 6.10 Å². The van der Waals surface area contributed by atoms with Gasteiger partial charge in [0.15, 0.2) is 0 Å². The van der Waals surface area contributed by atoms with Crippen LogP contribution in [0.5, 0.6) is 0 Å². The van der Waals surface area contributed by atoms with E-state index in [9.17, 15) is 9.59 Å². The van der Waals surface area contributed by atoms with Crippen LogP contribution in [-0.2, 0) is 9.53 Å². The molecule has 3 aliphatic heterocycles. The van der Waals surface area contributed by atoms with Crippen LogP contribution in [0.4, 0.5) is 5.95 Å². The third-order valence-electron chi connectivity index (χ3n) is 6.43. The lowest BCUT2D eigenvalue weighted by molar-refractivity contribution is -0.142. The summed E-state index contributed by atoms with van der Waals surface area (Å²) in [7, 11) is 0. The molecule has 0 saturated carbocycles. The van der Waals surface area contributed by atoms with E-state index >= 15 is 0 Å². The Morgan fingerprint density at radius 2 is 1.66 bits per heavy atom. The van der Waals surface area contributed by atoms with Crippen molar-refractivity contribution in [3.05, 3.63) is 36.3 Å². The van der Waals surface area contributed by atoms with Gasteiger partial charge in [-0.2, -0.15) is 0 Å². The highest BCUT2D eigenvalue weighted by atomic mass is 16.5. The van der Waals surface area contributed by atoms with Gasteiger partial charge in [-0.15, -0.1) is 0 Å². The lowest BCUT2D eigenvalue weighted by Gasteiger charge is -2.36. The first-order valence-corrected chi connectivity index (χ1v) is 11.4. The highest BCUT2D eigenvalue weighted by Crippen LogP contribution is 2.26. The number of amides is 2. The highest BCUT2D eigenvalue weighted by Gasteiger charge is 2.32. The fourth-order valence-electron chi connectivity index (χ4n) is 4.60. The predicted octanol–water partition coefficient (Wildman–Crippen LogP) is 1.60. The molecule has 1 atom stereocenters. The van der Waals surface area contributed by atoms with Crippen molar-refractivity contribution in [1.82, 2.24) is 24.8 Å². The molecule has 2 aromatic rings. The van der Waals surface area contributed by atoms with Crippen LogP contribution in [0.3, 0.4) is 0 Å². The molecule has 9 heteroatoms. The lowest BCUT2D eigenvalue weighted by atomic mass is 10.1. The molecular weight excluding hydrogens is 408 g/mol. The minimum Gasteiger partial charge on any atom is -0.368 e. The number of nitrogens with zero attached hydrogens (tertiary/aromatic N) is 6. The predicted molar refractivity (Wildman–Crippen MR) is 118 cm³/mol. The van der Waals surface area contributed by atoms with Gasteiger partial charge >= 0.3 is 0 Å². The smallest absolute Gasteiger partial charge is 0.257 e. The Labute approximate surface area is 187 Å². The third kappa shape index (κ3) is 4.17. The maximum Gasteiger partial charge on any atom is 0.257 e. The first-order chi connectivity index (χ1) is 15.7. The summed E-state index contributed by atoms with van der Waals surface area (Å²) in [5.41, 5.74) is 1.96. The van der Waals surface area contributed by atoms with Crippen LogP contribution >= 0.6 is 0 Å². The Balaban J connectivity index is 1.34. The average molecular weight is 437 g/mol. The molecule has 3 aliphatic rings. The minimum absolute atomic E-state index is 0.0466. The zero-order valence-corrected chi connectivity index (χ0v) is 18.2. The van der Waals surface area contributed by atoms with E-state index in [0.717, 1.165) is 44.3 Å². The molecule has 0 aromatic carbocycles. The van der Waals surface area contributed by atoms with Gasteiger partial charge in [0.2, 0.25) is 5.95 Å². The molecule has 3 saturated heterocycles. The fourth-order valence-corrected chi connectivity index (χ4v) is 4.60. The van der Waals surface area contributed by atoms with Gasteiger partial charge in [-0.25, -0.2) is 9.97 Å². The first kappa shape index (κ1) is 20.8. The zero-order valence-electron chi connectivity index (χ0n) is 18.2. The van der Waals surface area contributed by atoms with E-state index in [0.29, 0.717) is 50.0 Å². The SMILES string of the molecule is O=C(c1cnc(N2CCCC2)nc1-c1ccncc1)N1CCN(C(=O)C2CCCO2)CC1. The second-order valence-corrected chi connectivity index (χ2v) is 8.48. The molecule has 0 spiro atoms. The van der Waals surface area contributed by atoms with E-state index in [-0.39, 0.29) is 17.9 Å². The van der Waals surface area contributed by atoms with Crippen molar-refractivity contribution in [3.63, 3.8) is 0 Å². The molecule has 5 heterocycles. The van der Waals surface area contributed by atoms with Gasteiger partial charge in [0.05, 0.1) is 11.3 Å². The summed E-state index contributed by atoms with van der Waals surface area (Å²) in [4.78, 5) is 45.3. The van der Waals surface area contributed by atoms with Gasteiger partial charge in [0, 0.05) is 70.0 Å². The van der Waals surface area contributed by atoms with Crippen LogP contribution in [0.1, 0.15) is 36.0 Å². The van der Waals surface area contributed by atoms with Crippen molar-refractivity contribution in [2.24, 2.45) is 0 Å². The summed E-state index contributed by atoms with van der Waals surface area (Å²) in [5, 5.41) is 0. The van der Waals surface area contributed by atoms with Crippen LogP contribution < -0.4 is 4.90 Å². The second-order valence-electron chi connectivity index (χ2n) is 8.48. The average Bonchev–Trinajstić information content (AvgIpc) is 3.58. The molecule has 3 fully saturated rings. The van der Waals surface area contributed by atoms with Gasteiger partial charge in [-0.3, -0.25) is 14.6 Å². The van der Waals surface area contributed by atoms with Crippen LogP contribution in [0.2, 0.25) is 0 Å². The number of carbonyl (C=O) groups excluding carboxylic acids is 2. The molecule has 0 aliphatic carbocycles. The maximum absolute atomic E-state index is 13.4. The molecule has 2 amide bonds. The number of carbonyl (C=O) groups is 2. The summed E-state index contributed by atoms with van der Waals surface area (Å²) in [6, 6.07) is 3.73. The van der Waals surface area contributed by atoms with Crippen molar-refractivity contribution in [1.29, 1.82) is 0 Å². The first-order valence-electron chi connectivity index (χ1n) is 11.4. The van der Waals surface area contributed by atoms with E-state index in [2.05, 4.69) is 14.9 Å². The van der Waals surface area contributed by atoms with Gasteiger partial charge in [0.25, 0.3) is 11.8 Å². The molecule has 0 N–H and O–H groups in total. The van der Waals surface area contributed by atoms with E-state index in [1.165, 1.54) is 0 Å². The highest BCUT2D eigenvalue weighted by molar-refractivity contribution is 6.00. The molecule has 0 bridgehead atoms. The third-order valence-corrected chi connectivity index (χ3v) is 6.43. The molecule has 9 nitrogen and oxygen atoms in total. The van der Waals surface area contributed by atoms with E-state index < -0.39 is 0 Å². The minimum atomic E-state index is -0.318. The molecule has 168 valence electrons. The van der Waals surface area contributed by atoms with Gasteiger partial charge < -0.3 is 19.4 Å². The van der Waals surface area contributed by atoms with Gasteiger partial charge in [-0.1, -0.05) is 0 Å². The van der Waals surface area contributed by atoms with Crippen LogP contribution in [-0.4, -0.2) is 88.5 Å². The largest absolute Gasteiger partial charge is 0.368 e. The Hall–Kier alpha value is -3.07. The summed E-state index contributed by atoms with van der Waals surface area (Å²) in [6.45, 7) is 4.53. The molecule has 32 heavy (non-hydrogen) atoms. The van der Waals surface area contributed by atoms with Crippen molar-refractivity contribution in [2.45, 2.75) is 31.8 Å². The number of rotatable bonds is 4. The monoisotopic (exact) mass is 436 g/mol. The number of ether oxygens (including phenoxy) is 1. The number of pyridine rings is 1. The Bertz CT molecular complexity index is 965. The standard InChI is InChI=1S/C23H28N6O3/c30-21(27-11-13-28(14-12-27)22(31)19-4-3-15-32-19)18-16-25-23(29-9-1-2-10-29)26-20(18)17-5-7-24-8-6-17/h5-8,16,19H,1-4,9-15H2. The van der Waals surface area contributed by atoms with Crippen LogP contribution in [0.15, 0.2) is 30.7 Å². The number of aromatic nitrogens is 3. The van der Waals surface area contributed by atoms with E-state index in [1.54, 1.807) is 23.5 Å². The Morgan fingerprint density at radius 3 is 2.34 bits per heavy atom. The summed E-state index contributed by atoms with van der Waals surface area (Å²) < 4.78 is 5.53. The van der Waals surface area contributed by atoms with Gasteiger partial charge in [-0.05, 0) is 37.8 Å². The molecule has 1 unspecified atom stereocenters. The zero-order chi connectivity index (χ0) is 21.9. The van der Waals surface area contributed by atoms with E-state index in [1.807, 2.05) is 17.0 Å². The van der Waals surface area contributed by atoms with Crippen LogP contribution in [0.25, 0.3) is 11.3 Å². The quantitative estimate of drug-likeness (QED) is 0.719. The molecule has 5 rings (SSSR count). The molecule has 2 aromatic heterocycles. The van der Waals surface area contributed by atoms with Crippen molar-refractivity contribution in [3.8, 4) is 11.3 Å². The second kappa shape index (κ2) is 9.20. The van der Waals surface area contributed by atoms with E-state index in [4.69, 9.17) is 9.72 Å². The normalized spacial score (nSPS) is 21.2. The summed E-state index contributed by atoms with van der Waals surface area (Å²) in [6.07, 6.45) is 8.72. The maximum atomic E-state index is 13.4. The lowest BCUT2D eigenvalue weighted by Crippen LogP contribution is -2.52. The number of hydrogen-bond acceptors (Lipinski definition) is 7.